The summed E-state index contributed by atoms with van der Waals surface area (Å²) in [7, 11) is -7.74. The molecule has 0 saturated carbocycles. The summed E-state index contributed by atoms with van der Waals surface area (Å²) >= 11 is 7.09. The molecule has 0 spiro atoms. The number of nitrogens with one attached hydrogen (secondary N) is 2. The van der Waals surface area contributed by atoms with Crippen LogP contribution in [0.2, 0.25) is 5.02 Å². The normalized spacial score (nSPS) is 11.9. The Labute approximate surface area is 166 Å². The van der Waals surface area contributed by atoms with Gasteiger partial charge in [-0.3, -0.25) is 9.44 Å². The molecule has 3 rings (SSSR count). The number of para-hydroxylation sites is 1. The number of aryl methyl sites for hydroxylation is 1. The maximum atomic E-state index is 12.8. The number of hydrogen-bond donors (Lipinski definition) is 2. The Morgan fingerprint density at radius 2 is 1.63 bits per heavy atom. The summed E-state index contributed by atoms with van der Waals surface area (Å²) < 4.78 is 55.2. The average Bonchev–Trinajstić information content (AvgIpc) is 3.14. The summed E-state index contributed by atoms with van der Waals surface area (Å²) in [5.41, 5.74) is 0.852. The summed E-state index contributed by atoms with van der Waals surface area (Å²) in [6.07, 6.45) is 0. The van der Waals surface area contributed by atoms with E-state index in [1.54, 1.807) is 42.6 Å². The highest BCUT2D eigenvalue weighted by atomic mass is 35.5. The third kappa shape index (κ3) is 4.44. The van der Waals surface area contributed by atoms with Crippen molar-refractivity contribution in [3.05, 3.63) is 70.6 Å². The number of benzene rings is 2. The van der Waals surface area contributed by atoms with E-state index in [0.29, 0.717) is 5.56 Å². The van der Waals surface area contributed by atoms with E-state index in [2.05, 4.69) is 9.44 Å². The van der Waals surface area contributed by atoms with Crippen molar-refractivity contribution < 1.29 is 16.8 Å². The molecule has 6 nitrogen and oxygen atoms in total. The molecule has 0 amide bonds. The zero-order valence-corrected chi connectivity index (χ0v) is 17.2. The van der Waals surface area contributed by atoms with Crippen molar-refractivity contribution in [2.24, 2.45) is 0 Å². The van der Waals surface area contributed by atoms with Crippen LogP contribution in [0, 0.1) is 6.92 Å². The second kappa shape index (κ2) is 7.51. The molecule has 0 radical (unpaired) electrons. The molecule has 10 heteroatoms. The van der Waals surface area contributed by atoms with Crippen molar-refractivity contribution in [2.75, 3.05) is 9.44 Å². The van der Waals surface area contributed by atoms with Gasteiger partial charge in [0.1, 0.15) is 4.21 Å². The lowest BCUT2D eigenvalue weighted by atomic mass is 10.2. The summed E-state index contributed by atoms with van der Waals surface area (Å²) in [5.74, 6) is 0. The fraction of sp³-hybridized carbons (Fsp3) is 0.0588. The lowest BCUT2D eigenvalue weighted by Crippen LogP contribution is -2.16. The van der Waals surface area contributed by atoms with Crippen LogP contribution < -0.4 is 9.44 Å². The molecule has 1 aromatic heterocycles. The van der Waals surface area contributed by atoms with Gasteiger partial charge in [0.25, 0.3) is 20.0 Å². The van der Waals surface area contributed by atoms with E-state index in [4.69, 9.17) is 11.6 Å². The van der Waals surface area contributed by atoms with Crippen LogP contribution in [0.25, 0.3) is 0 Å². The van der Waals surface area contributed by atoms with Crippen LogP contribution in [-0.2, 0) is 20.0 Å². The number of anilines is 2. The van der Waals surface area contributed by atoms with E-state index in [1.165, 1.54) is 24.3 Å². The minimum absolute atomic E-state index is 0.0474. The highest BCUT2D eigenvalue weighted by Crippen LogP contribution is 2.28. The summed E-state index contributed by atoms with van der Waals surface area (Å²) in [4.78, 5) is -0.0474. The Morgan fingerprint density at radius 1 is 0.889 bits per heavy atom. The SMILES string of the molecule is Cc1ccc(NS(=O)(=O)c2cccs2)cc1S(=O)(=O)Nc1ccccc1Cl. The van der Waals surface area contributed by atoms with E-state index in [0.717, 1.165) is 11.3 Å². The van der Waals surface area contributed by atoms with Crippen molar-refractivity contribution in [1.29, 1.82) is 0 Å². The first-order valence-corrected chi connectivity index (χ1v) is 11.9. The number of thiophene rings is 1. The molecular formula is C17H15ClN2O4S3. The second-order valence-corrected chi connectivity index (χ2v) is 10.5. The smallest absolute Gasteiger partial charge is 0.271 e. The largest absolute Gasteiger partial charge is 0.279 e. The predicted octanol–water partition coefficient (Wildman–Crippen LogP) is 4.31. The van der Waals surface area contributed by atoms with Gasteiger partial charge in [0.2, 0.25) is 0 Å². The van der Waals surface area contributed by atoms with Crippen LogP contribution in [0.15, 0.2) is 69.1 Å². The first kappa shape index (κ1) is 19.7. The van der Waals surface area contributed by atoms with E-state index < -0.39 is 20.0 Å². The van der Waals surface area contributed by atoms with Crippen LogP contribution in [0.4, 0.5) is 11.4 Å². The quantitative estimate of drug-likeness (QED) is 0.594. The molecule has 0 unspecified atom stereocenters. The van der Waals surface area contributed by atoms with E-state index in [-0.39, 0.29) is 25.5 Å². The van der Waals surface area contributed by atoms with Crippen molar-refractivity contribution in [2.45, 2.75) is 16.0 Å². The van der Waals surface area contributed by atoms with Gasteiger partial charge in [-0.15, -0.1) is 11.3 Å². The standard InChI is InChI=1S/C17H15ClN2O4S3/c1-12-8-9-13(19-27(23,24)17-7-4-10-25-17)11-16(12)26(21,22)20-15-6-3-2-5-14(15)18/h2-11,19-20H,1H3. The van der Waals surface area contributed by atoms with Crippen molar-refractivity contribution >= 4 is 54.4 Å². The van der Waals surface area contributed by atoms with Crippen LogP contribution in [0.3, 0.4) is 0 Å². The number of halogens is 1. The molecule has 142 valence electrons. The molecule has 0 atom stereocenters. The fourth-order valence-corrected chi connectivity index (χ4v) is 5.95. The van der Waals surface area contributed by atoms with E-state index in [1.807, 2.05) is 0 Å². The number of rotatable bonds is 6. The van der Waals surface area contributed by atoms with Crippen LogP contribution in [-0.4, -0.2) is 16.8 Å². The minimum Gasteiger partial charge on any atom is -0.279 e. The van der Waals surface area contributed by atoms with Gasteiger partial charge in [-0.1, -0.05) is 35.9 Å². The molecule has 2 N–H and O–H groups in total. The second-order valence-electron chi connectivity index (χ2n) is 5.60. The third-order valence-electron chi connectivity index (χ3n) is 3.61. The zero-order chi connectivity index (χ0) is 19.7. The molecule has 0 saturated heterocycles. The van der Waals surface area contributed by atoms with Crippen LogP contribution in [0.1, 0.15) is 5.56 Å². The Hall–Kier alpha value is -2.07. The van der Waals surface area contributed by atoms with Gasteiger partial charge < -0.3 is 0 Å². The Bertz CT molecular complexity index is 1170. The molecule has 2 aromatic carbocycles. The van der Waals surface area contributed by atoms with Crippen molar-refractivity contribution in [1.82, 2.24) is 0 Å². The van der Waals surface area contributed by atoms with Gasteiger partial charge in [-0.05, 0) is 48.2 Å². The van der Waals surface area contributed by atoms with Crippen LogP contribution in [0.5, 0.6) is 0 Å². The topological polar surface area (TPSA) is 92.3 Å². The molecule has 1 heterocycles. The molecule has 0 aliphatic carbocycles. The Morgan fingerprint density at radius 3 is 2.30 bits per heavy atom. The summed E-state index contributed by atoms with van der Waals surface area (Å²) in [6.45, 7) is 1.62. The molecule has 0 aliphatic rings. The average molecular weight is 443 g/mol. The van der Waals surface area contributed by atoms with Gasteiger partial charge in [-0.25, -0.2) is 16.8 Å². The van der Waals surface area contributed by atoms with Crippen molar-refractivity contribution in [3.8, 4) is 0 Å². The maximum Gasteiger partial charge on any atom is 0.271 e. The summed E-state index contributed by atoms with van der Waals surface area (Å²) in [6, 6.07) is 13.9. The van der Waals surface area contributed by atoms with E-state index >= 15 is 0 Å². The highest BCUT2D eigenvalue weighted by Gasteiger charge is 2.21. The lowest BCUT2D eigenvalue weighted by Gasteiger charge is -2.13. The minimum atomic E-state index is -3.97. The monoisotopic (exact) mass is 442 g/mol. The molecule has 0 bridgehead atoms. The molecule has 27 heavy (non-hydrogen) atoms. The predicted molar refractivity (Wildman–Crippen MR) is 109 cm³/mol. The Balaban J connectivity index is 1.95. The molecular weight excluding hydrogens is 428 g/mol. The number of hydrogen-bond acceptors (Lipinski definition) is 5. The maximum absolute atomic E-state index is 12.8. The van der Waals surface area contributed by atoms with Gasteiger partial charge in [-0.2, -0.15) is 0 Å². The van der Waals surface area contributed by atoms with E-state index in [9.17, 15) is 16.8 Å². The lowest BCUT2D eigenvalue weighted by molar-refractivity contribution is 0.599. The van der Waals surface area contributed by atoms with Crippen LogP contribution >= 0.6 is 22.9 Å². The summed E-state index contributed by atoms with van der Waals surface area (Å²) in [5, 5.41) is 1.90. The molecule has 0 aliphatic heterocycles. The van der Waals surface area contributed by atoms with Gasteiger partial charge in [0, 0.05) is 0 Å². The number of sulfonamides is 2. The molecule has 3 aromatic rings. The van der Waals surface area contributed by atoms with Gasteiger partial charge in [0.05, 0.1) is 21.3 Å². The first-order valence-electron chi connectivity index (χ1n) is 7.63. The fourth-order valence-electron chi connectivity index (χ4n) is 2.32. The van der Waals surface area contributed by atoms with Crippen molar-refractivity contribution in [3.63, 3.8) is 0 Å². The third-order valence-corrected chi connectivity index (χ3v) is 8.22. The zero-order valence-electron chi connectivity index (χ0n) is 14.0. The highest BCUT2D eigenvalue weighted by molar-refractivity contribution is 7.94. The Kier molecular flexibility index (Phi) is 5.48. The molecule has 0 fully saturated rings. The first-order chi connectivity index (χ1) is 12.7. The van der Waals surface area contributed by atoms with Gasteiger partial charge in [0.15, 0.2) is 0 Å². The van der Waals surface area contributed by atoms with Gasteiger partial charge >= 0.3 is 0 Å².